The minimum Gasteiger partial charge on any atom is -0.491 e. The van der Waals surface area contributed by atoms with E-state index < -0.39 is 6.10 Å². The Morgan fingerprint density at radius 3 is 3.05 bits per heavy atom. The maximum Gasteiger partial charge on any atom is 0.122 e. The molecule has 2 rings (SSSR count). The van der Waals surface area contributed by atoms with Crippen molar-refractivity contribution >= 4 is 0 Å². The van der Waals surface area contributed by atoms with Gasteiger partial charge < -0.3 is 19.9 Å². The number of aliphatic hydroxyl groups excluding tert-OH is 1. The summed E-state index contributed by atoms with van der Waals surface area (Å²) in [4.78, 5) is 0. The van der Waals surface area contributed by atoms with E-state index in [4.69, 9.17) is 9.47 Å². The van der Waals surface area contributed by atoms with Crippen LogP contribution in [0.5, 0.6) is 5.75 Å². The van der Waals surface area contributed by atoms with Crippen LogP contribution < -0.4 is 10.1 Å². The second-order valence-corrected chi connectivity index (χ2v) is 5.47. The average molecular weight is 279 g/mol. The predicted molar refractivity (Wildman–Crippen MR) is 79.1 cm³/mol. The maximum atomic E-state index is 9.91. The highest BCUT2D eigenvalue weighted by molar-refractivity contribution is 5.31. The molecule has 0 bridgehead atoms. The molecule has 112 valence electrons. The van der Waals surface area contributed by atoms with Gasteiger partial charge in [0.15, 0.2) is 0 Å². The van der Waals surface area contributed by atoms with Crippen molar-refractivity contribution in [3.63, 3.8) is 0 Å². The molecule has 1 aromatic rings. The molecule has 0 aromatic heterocycles. The third-order valence-electron chi connectivity index (χ3n) is 3.59. The fourth-order valence-electron chi connectivity index (χ4n) is 2.39. The number of aryl methyl sites for hydroxylation is 1. The first kappa shape index (κ1) is 15.3. The molecule has 0 radical (unpaired) electrons. The summed E-state index contributed by atoms with van der Waals surface area (Å²) in [7, 11) is 0. The van der Waals surface area contributed by atoms with E-state index in [-0.39, 0.29) is 0 Å². The summed E-state index contributed by atoms with van der Waals surface area (Å²) in [6.45, 7) is 5.51. The van der Waals surface area contributed by atoms with E-state index in [1.165, 1.54) is 6.42 Å². The molecule has 1 saturated heterocycles. The largest absolute Gasteiger partial charge is 0.491 e. The highest BCUT2D eigenvalue weighted by Gasteiger charge is 2.14. The molecule has 0 spiro atoms. The SMILES string of the molecule is Cc1ccccc1OCC(O)CNCC1CCCOC1. The zero-order chi connectivity index (χ0) is 14.2. The van der Waals surface area contributed by atoms with E-state index in [0.717, 1.165) is 37.5 Å². The van der Waals surface area contributed by atoms with Gasteiger partial charge in [-0.1, -0.05) is 18.2 Å². The Morgan fingerprint density at radius 2 is 2.30 bits per heavy atom. The Labute approximate surface area is 121 Å². The molecule has 2 N–H and O–H groups in total. The molecule has 1 fully saturated rings. The van der Waals surface area contributed by atoms with E-state index >= 15 is 0 Å². The zero-order valence-corrected chi connectivity index (χ0v) is 12.2. The molecule has 4 nitrogen and oxygen atoms in total. The number of rotatable bonds is 7. The van der Waals surface area contributed by atoms with Crippen molar-refractivity contribution in [3.05, 3.63) is 29.8 Å². The molecule has 4 heteroatoms. The van der Waals surface area contributed by atoms with E-state index in [1.54, 1.807) is 0 Å². The van der Waals surface area contributed by atoms with Gasteiger partial charge in [0.1, 0.15) is 18.5 Å². The van der Waals surface area contributed by atoms with E-state index in [0.29, 0.717) is 19.1 Å². The topological polar surface area (TPSA) is 50.7 Å². The first-order valence-electron chi connectivity index (χ1n) is 7.40. The van der Waals surface area contributed by atoms with E-state index in [2.05, 4.69) is 5.32 Å². The third-order valence-corrected chi connectivity index (χ3v) is 3.59. The summed E-state index contributed by atoms with van der Waals surface area (Å²) in [5.74, 6) is 1.42. The van der Waals surface area contributed by atoms with Gasteiger partial charge in [-0.2, -0.15) is 0 Å². The highest BCUT2D eigenvalue weighted by atomic mass is 16.5. The number of hydrogen-bond donors (Lipinski definition) is 2. The van der Waals surface area contributed by atoms with Crippen LogP contribution in [0.1, 0.15) is 18.4 Å². The lowest BCUT2D eigenvalue weighted by atomic mass is 10.0. The Bertz CT molecular complexity index is 391. The highest BCUT2D eigenvalue weighted by Crippen LogP contribution is 2.16. The first-order chi connectivity index (χ1) is 9.75. The lowest BCUT2D eigenvalue weighted by Crippen LogP contribution is -2.36. The summed E-state index contributed by atoms with van der Waals surface area (Å²) in [6, 6.07) is 7.85. The van der Waals surface area contributed by atoms with E-state index in [1.807, 2.05) is 31.2 Å². The van der Waals surface area contributed by atoms with Crippen LogP contribution in [-0.2, 0) is 4.74 Å². The van der Waals surface area contributed by atoms with Gasteiger partial charge in [-0.15, -0.1) is 0 Å². The number of benzene rings is 1. The molecule has 1 aliphatic rings. The zero-order valence-electron chi connectivity index (χ0n) is 12.2. The van der Waals surface area contributed by atoms with Crippen molar-refractivity contribution in [2.75, 3.05) is 32.9 Å². The molecule has 1 aliphatic heterocycles. The smallest absolute Gasteiger partial charge is 0.122 e. The van der Waals surface area contributed by atoms with Crippen LogP contribution in [0.15, 0.2) is 24.3 Å². The number of hydrogen-bond acceptors (Lipinski definition) is 4. The van der Waals surface area contributed by atoms with Crippen molar-refractivity contribution in [2.45, 2.75) is 25.9 Å². The minimum absolute atomic E-state index is 0.318. The third kappa shape index (κ3) is 5.12. The van der Waals surface area contributed by atoms with Gasteiger partial charge in [-0.25, -0.2) is 0 Å². The van der Waals surface area contributed by atoms with Crippen molar-refractivity contribution in [3.8, 4) is 5.75 Å². The van der Waals surface area contributed by atoms with Crippen LogP contribution in [0, 0.1) is 12.8 Å². The van der Waals surface area contributed by atoms with Gasteiger partial charge in [0.05, 0.1) is 6.61 Å². The van der Waals surface area contributed by atoms with Gasteiger partial charge in [0, 0.05) is 19.7 Å². The van der Waals surface area contributed by atoms with Crippen molar-refractivity contribution in [1.29, 1.82) is 0 Å². The Kier molecular flexibility index (Phi) is 6.30. The Balaban J connectivity index is 1.60. The fraction of sp³-hybridized carbons (Fsp3) is 0.625. The second-order valence-electron chi connectivity index (χ2n) is 5.47. The van der Waals surface area contributed by atoms with Crippen LogP contribution in [0.25, 0.3) is 0 Å². The van der Waals surface area contributed by atoms with Crippen molar-refractivity contribution < 1.29 is 14.6 Å². The van der Waals surface area contributed by atoms with Crippen molar-refractivity contribution in [2.24, 2.45) is 5.92 Å². The van der Waals surface area contributed by atoms with Crippen LogP contribution >= 0.6 is 0 Å². The molecule has 1 aromatic carbocycles. The van der Waals surface area contributed by atoms with Gasteiger partial charge in [-0.05, 0) is 37.3 Å². The Hall–Kier alpha value is -1.10. The van der Waals surface area contributed by atoms with Gasteiger partial charge in [0.25, 0.3) is 0 Å². The van der Waals surface area contributed by atoms with Crippen molar-refractivity contribution in [1.82, 2.24) is 5.32 Å². The second kappa shape index (κ2) is 8.25. The standard InChI is InChI=1S/C16H25NO3/c1-13-5-2-3-7-16(13)20-12-15(18)10-17-9-14-6-4-8-19-11-14/h2-3,5,7,14-15,17-18H,4,6,8-12H2,1H3. The number of para-hydroxylation sites is 1. The lowest BCUT2D eigenvalue weighted by Gasteiger charge is -2.23. The molecule has 1 heterocycles. The molecule has 2 atom stereocenters. The average Bonchev–Trinajstić information content (AvgIpc) is 2.47. The maximum absolute atomic E-state index is 9.91. The van der Waals surface area contributed by atoms with Crippen LogP contribution in [0.4, 0.5) is 0 Å². The van der Waals surface area contributed by atoms with Crippen LogP contribution in [0.3, 0.4) is 0 Å². The van der Waals surface area contributed by atoms with E-state index in [9.17, 15) is 5.11 Å². The normalized spacial score (nSPS) is 20.6. The monoisotopic (exact) mass is 279 g/mol. The number of nitrogens with one attached hydrogen (secondary N) is 1. The van der Waals surface area contributed by atoms with Gasteiger partial charge in [0.2, 0.25) is 0 Å². The molecule has 2 unspecified atom stereocenters. The Morgan fingerprint density at radius 1 is 1.45 bits per heavy atom. The molecular weight excluding hydrogens is 254 g/mol. The summed E-state index contributed by atoms with van der Waals surface area (Å²) >= 11 is 0. The lowest BCUT2D eigenvalue weighted by molar-refractivity contribution is 0.0515. The molecule has 0 amide bonds. The summed E-state index contributed by atoms with van der Waals surface area (Å²) in [6.07, 6.45) is 1.87. The molecular formula is C16H25NO3. The first-order valence-corrected chi connectivity index (χ1v) is 7.40. The minimum atomic E-state index is -0.487. The molecule has 0 saturated carbocycles. The van der Waals surface area contributed by atoms with Gasteiger partial charge >= 0.3 is 0 Å². The number of ether oxygens (including phenoxy) is 2. The van der Waals surface area contributed by atoms with Gasteiger partial charge in [-0.3, -0.25) is 0 Å². The number of aliphatic hydroxyl groups is 1. The quantitative estimate of drug-likeness (QED) is 0.798. The molecule has 20 heavy (non-hydrogen) atoms. The predicted octanol–water partition coefficient (Wildman–Crippen LogP) is 1.75. The summed E-state index contributed by atoms with van der Waals surface area (Å²) < 4.78 is 11.1. The summed E-state index contributed by atoms with van der Waals surface area (Å²) in [5.41, 5.74) is 1.09. The molecule has 0 aliphatic carbocycles. The van der Waals surface area contributed by atoms with Crippen LogP contribution in [0.2, 0.25) is 0 Å². The fourth-order valence-corrected chi connectivity index (χ4v) is 2.39. The van der Waals surface area contributed by atoms with Crippen LogP contribution in [-0.4, -0.2) is 44.1 Å². The summed E-state index contributed by atoms with van der Waals surface area (Å²) in [5, 5.41) is 13.2.